The number of fused-ring (bicyclic) bond motifs is 1. The van der Waals surface area contributed by atoms with E-state index in [9.17, 15) is 14.4 Å². The van der Waals surface area contributed by atoms with Gasteiger partial charge in [-0.15, -0.1) is 0 Å². The van der Waals surface area contributed by atoms with Crippen LogP contribution in [-0.4, -0.2) is 55.6 Å². The van der Waals surface area contributed by atoms with Crippen LogP contribution < -0.4 is 25.0 Å². The summed E-state index contributed by atoms with van der Waals surface area (Å²) in [7, 11) is 3.15. The van der Waals surface area contributed by atoms with E-state index in [4.69, 9.17) is 9.47 Å². The monoisotopic (exact) mass is 520 g/mol. The molecule has 9 heteroatoms. The molecule has 2 aromatic carbocycles. The molecule has 1 unspecified atom stereocenters. The largest absolute Gasteiger partial charge is 0.497 e. The molecule has 0 aromatic heterocycles. The molecule has 1 atom stereocenters. The van der Waals surface area contributed by atoms with Crippen LogP contribution in [0.4, 0.5) is 16.2 Å². The van der Waals surface area contributed by atoms with Crippen molar-refractivity contribution in [3.63, 3.8) is 0 Å². The van der Waals surface area contributed by atoms with Crippen LogP contribution >= 0.6 is 0 Å². The summed E-state index contributed by atoms with van der Waals surface area (Å²) in [5.74, 6) is 0.518. The molecule has 0 aliphatic carbocycles. The molecule has 202 valence electrons. The van der Waals surface area contributed by atoms with Gasteiger partial charge in [-0.2, -0.15) is 0 Å². The lowest BCUT2D eigenvalue weighted by molar-refractivity contribution is -0.127. The summed E-state index contributed by atoms with van der Waals surface area (Å²) in [6, 6.07) is 10.2. The molecule has 4 rings (SSSR count). The van der Waals surface area contributed by atoms with Gasteiger partial charge in [0.1, 0.15) is 23.7 Å². The van der Waals surface area contributed by atoms with Crippen LogP contribution in [0.1, 0.15) is 57.6 Å². The lowest BCUT2D eigenvalue weighted by Crippen LogP contribution is -2.48. The maximum atomic E-state index is 13.1. The number of carbonyl (C=O) groups excluding carboxylic acids is 3. The van der Waals surface area contributed by atoms with Crippen LogP contribution in [-0.2, 0) is 9.59 Å². The van der Waals surface area contributed by atoms with Crippen molar-refractivity contribution in [3.8, 4) is 11.5 Å². The van der Waals surface area contributed by atoms with E-state index < -0.39 is 24.4 Å². The predicted molar refractivity (Wildman–Crippen MR) is 148 cm³/mol. The number of ether oxygens (including phenoxy) is 2. The van der Waals surface area contributed by atoms with Crippen LogP contribution in [0, 0.1) is 0 Å². The summed E-state index contributed by atoms with van der Waals surface area (Å²) < 4.78 is 10.8. The Kier molecular flexibility index (Phi) is 7.66. The molecule has 4 amide bonds. The summed E-state index contributed by atoms with van der Waals surface area (Å²) in [6.07, 6.45) is 3.64. The Hall–Kier alpha value is -4.01. The maximum absolute atomic E-state index is 13.1. The van der Waals surface area contributed by atoms with Crippen LogP contribution in [0.15, 0.2) is 42.1 Å². The van der Waals surface area contributed by atoms with E-state index in [1.807, 2.05) is 12.1 Å². The van der Waals surface area contributed by atoms with Crippen LogP contribution in [0.3, 0.4) is 0 Å². The Bertz CT molecular complexity index is 1270. The number of urea groups is 1. The second-order valence-corrected chi connectivity index (χ2v) is 10.4. The van der Waals surface area contributed by atoms with Crippen LogP contribution in [0.2, 0.25) is 0 Å². The Morgan fingerprint density at radius 2 is 1.87 bits per heavy atom. The zero-order valence-corrected chi connectivity index (χ0v) is 22.9. The van der Waals surface area contributed by atoms with E-state index in [1.54, 1.807) is 44.6 Å². The van der Waals surface area contributed by atoms with Crippen molar-refractivity contribution in [2.75, 3.05) is 37.5 Å². The Balaban J connectivity index is 1.56. The fourth-order valence-electron chi connectivity index (χ4n) is 5.35. The zero-order chi connectivity index (χ0) is 27.6. The van der Waals surface area contributed by atoms with E-state index in [0.717, 1.165) is 30.0 Å². The molecule has 2 N–H and O–H groups in total. The van der Waals surface area contributed by atoms with Crippen molar-refractivity contribution in [1.29, 1.82) is 0 Å². The van der Waals surface area contributed by atoms with Crippen LogP contribution in [0.25, 0.3) is 6.08 Å². The summed E-state index contributed by atoms with van der Waals surface area (Å²) in [6.45, 7) is 9.42. The number of nitrogens with one attached hydrogen (secondary N) is 2. The van der Waals surface area contributed by atoms with Crippen molar-refractivity contribution < 1.29 is 23.9 Å². The minimum absolute atomic E-state index is 0.00963. The highest BCUT2D eigenvalue weighted by Crippen LogP contribution is 2.46. The lowest BCUT2D eigenvalue weighted by atomic mass is 9.79. The van der Waals surface area contributed by atoms with E-state index in [-0.39, 0.29) is 11.2 Å². The van der Waals surface area contributed by atoms with Crippen molar-refractivity contribution in [2.24, 2.45) is 0 Å². The van der Waals surface area contributed by atoms with Crippen molar-refractivity contribution in [1.82, 2.24) is 10.2 Å². The molecule has 1 fully saturated rings. The number of imide groups is 1. The highest BCUT2D eigenvalue weighted by atomic mass is 16.5. The van der Waals surface area contributed by atoms with E-state index in [2.05, 4.69) is 43.2 Å². The van der Waals surface area contributed by atoms with Crippen molar-refractivity contribution in [2.45, 2.75) is 52.0 Å². The maximum Gasteiger partial charge on any atom is 0.329 e. The number of carbonyl (C=O) groups is 3. The number of hydrogen-bond donors (Lipinski definition) is 2. The third-order valence-corrected chi connectivity index (χ3v) is 7.12. The van der Waals surface area contributed by atoms with Gasteiger partial charge in [0, 0.05) is 35.1 Å². The lowest BCUT2D eigenvalue weighted by Gasteiger charge is -2.47. The molecule has 9 nitrogen and oxygen atoms in total. The predicted octanol–water partition coefficient (Wildman–Crippen LogP) is 4.74. The molecule has 0 bridgehead atoms. The second kappa shape index (κ2) is 10.8. The molecule has 0 saturated carbocycles. The van der Waals surface area contributed by atoms with Gasteiger partial charge < -0.3 is 25.0 Å². The Morgan fingerprint density at radius 1 is 1.16 bits per heavy atom. The average Bonchev–Trinajstić information content (AvgIpc) is 3.13. The third kappa shape index (κ3) is 5.32. The van der Waals surface area contributed by atoms with E-state index in [1.165, 1.54) is 5.56 Å². The minimum atomic E-state index is -0.646. The zero-order valence-electron chi connectivity index (χ0n) is 22.9. The first-order valence-corrected chi connectivity index (χ1v) is 12.9. The van der Waals surface area contributed by atoms with Gasteiger partial charge in [-0.3, -0.25) is 9.59 Å². The molecular formula is C29H36N4O5. The van der Waals surface area contributed by atoms with Gasteiger partial charge in [-0.1, -0.05) is 13.8 Å². The second-order valence-electron chi connectivity index (χ2n) is 10.4. The molecule has 2 aliphatic heterocycles. The number of rotatable bonds is 8. The number of anilines is 2. The molecule has 2 aliphatic rings. The number of amides is 4. The van der Waals surface area contributed by atoms with E-state index >= 15 is 0 Å². The number of nitrogens with zero attached hydrogens (tertiary/aromatic N) is 2. The molecule has 1 saturated heterocycles. The quantitative estimate of drug-likeness (QED) is 0.385. The highest BCUT2D eigenvalue weighted by molar-refractivity contribution is 6.16. The SMILES string of the molecule is CCCN1c2cc(OC)c(/C=C3/NC(=O)N(CC(=O)Nc4ccc(OC)cc4)C3=O)cc2C(C)CC1(C)C. The molecule has 0 spiro atoms. The summed E-state index contributed by atoms with van der Waals surface area (Å²) in [5, 5.41) is 5.30. The van der Waals surface area contributed by atoms with Crippen LogP contribution in [0.5, 0.6) is 11.5 Å². The molecule has 2 aromatic rings. The highest BCUT2D eigenvalue weighted by Gasteiger charge is 2.38. The number of methoxy groups -OCH3 is 2. The number of benzene rings is 2. The topological polar surface area (TPSA) is 100 Å². The molecule has 38 heavy (non-hydrogen) atoms. The first kappa shape index (κ1) is 27.0. The van der Waals surface area contributed by atoms with Gasteiger partial charge in [0.15, 0.2) is 0 Å². The standard InChI is InChI=1S/C29H36N4O5/c1-7-12-33-24-15-25(38-6)19(13-22(24)18(2)16-29(33,3)4)14-23-27(35)32(28(36)31-23)17-26(34)30-20-8-10-21(37-5)11-9-20/h8-11,13-15,18H,7,12,16-17H2,1-6H3,(H,30,34)(H,31,36)/b23-14+. The van der Waals surface area contributed by atoms with Gasteiger partial charge in [0.25, 0.3) is 5.91 Å². The minimum Gasteiger partial charge on any atom is -0.497 e. The molecule has 0 radical (unpaired) electrons. The average molecular weight is 521 g/mol. The van der Waals surface area contributed by atoms with Gasteiger partial charge in [-0.25, -0.2) is 9.69 Å². The number of hydrogen-bond acceptors (Lipinski definition) is 6. The van der Waals surface area contributed by atoms with Crippen molar-refractivity contribution in [3.05, 3.63) is 53.2 Å². The van der Waals surface area contributed by atoms with Gasteiger partial charge in [0.05, 0.1) is 14.2 Å². The molecule has 2 heterocycles. The molecular weight excluding hydrogens is 484 g/mol. The fraction of sp³-hybridized carbons (Fsp3) is 0.414. The van der Waals surface area contributed by atoms with Gasteiger partial charge in [0.2, 0.25) is 5.91 Å². The third-order valence-electron chi connectivity index (χ3n) is 7.12. The first-order valence-electron chi connectivity index (χ1n) is 12.9. The van der Waals surface area contributed by atoms with Crippen molar-refractivity contribution >= 4 is 35.3 Å². The summed E-state index contributed by atoms with van der Waals surface area (Å²) >= 11 is 0. The smallest absolute Gasteiger partial charge is 0.329 e. The Morgan fingerprint density at radius 3 is 2.50 bits per heavy atom. The normalized spacial score (nSPS) is 19.3. The van der Waals surface area contributed by atoms with Gasteiger partial charge >= 0.3 is 6.03 Å². The Labute approximate surface area is 223 Å². The fourth-order valence-corrected chi connectivity index (χ4v) is 5.35. The summed E-state index contributed by atoms with van der Waals surface area (Å²) in [5.41, 5.74) is 3.65. The first-order chi connectivity index (χ1) is 18.1. The van der Waals surface area contributed by atoms with Gasteiger partial charge in [-0.05, 0) is 74.6 Å². The van der Waals surface area contributed by atoms with E-state index in [0.29, 0.717) is 28.7 Å². The summed E-state index contributed by atoms with van der Waals surface area (Å²) in [4.78, 5) is 41.6.